The number of benzene rings is 2. The first-order valence-electron chi connectivity index (χ1n) is 7.90. The predicted octanol–water partition coefficient (Wildman–Crippen LogP) is -6.20. The van der Waals surface area contributed by atoms with E-state index in [-0.39, 0.29) is 128 Å². The third kappa shape index (κ3) is 10.7. The molecule has 0 heterocycles. The fraction of sp³-hybridized carbons (Fsp3) is 0.250. The standard InChI is InChI=1S/C16H15BrF4O6P2S.4Na.4H/c17-14-7-11(3-6-13(14)16(20,21)29(25,26)27)9-30-8-10-1-4-12(5-2-10)15(18,19)28(22,23)24;;;;;;;;/h1-7H,8-9H2,(H2,22,23,24)(H2,25,26,27);;;;;;;;/q;4*+1;4*-1. The topological polar surface area (TPSA) is 115 Å². The van der Waals surface area contributed by atoms with Gasteiger partial charge in [-0.05, 0) is 17.2 Å². The van der Waals surface area contributed by atoms with Gasteiger partial charge in [0.1, 0.15) is 0 Å². The van der Waals surface area contributed by atoms with Crippen LogP contribution in [0.15, 0.2) is 46.9 Å². The second-order valence-corrected chi connectivity index (χ2v) is 11.3. The largest absolute Gasteiger partial charge is 1.00 e. The van der Waals surface area contributed by atoms with Crippen molar-refractivity contribution in [3.05, 3.63) is 69.2 Å². The molecule has 174 valence electrons. The molecule has 0 aromatic heterocycles. The van der Waals surface area contributed by atoms with E-state index in [1.807, 2.05) is 0 Å². The van der Waals surface area contributed by atoms with Crippen molar-refractivity contribution in [2.75, 3.05) is 0 Å². The predicted molar refractivity (Wildman–Crippen MR) is 112 cm³/mol. The van der Waals surface area contributed by atoms with Crippen LogP contribution < -0.4 is 118 Å². The number of hydrogen-bond donors (Lipinski definition) is 4. The van der Waals surface area contributed by atoms with Crippen molar-refractivity contribution in [3.63, 3.8) is 0 Å². The first-order valence-corrected chi connectivity index (χ1v) is 13.1. The molecule has 0 bridgehead atoms. The van der Waals surface area contributed by atoms with Gasteiger partial charge in [-0.1, -0.05) is 52.3 Å². The quantitative estimate of drug-likeness (QED) is 0.128. The maximum Gasteiger partial charge on any atom is 1.00 e. The molecule has 0 amide bonds. The van der Waals surface area contributed by atoms with Crippen LogP contribution in [-0.4, -0.2) is 19.6 Å². The van der Waals surface area contributed by atoms with E-state index >= 15 is 0 Å². The number of rotatable bonds is 8. The van der Waals surface area contributed by atoms with Gasteiger partial charge in [-0.2, -0.15) is 29.3 Å². The summed E-state index contributed by atoms with van der Waals surface area (Å²) >= 11 is 4.19. The van der Waals surface area contributed by atoms with Crippen molar-refractivity contribution in [2.45, 2.75) is 22.8 Å². The minimum Gasteiger partial charge on any atom is -1.00 e. The Balaban J connectivity index is -0.000000240. The van der Waals surface area contributed by atoms with Gasteiger partial charge in [-0.3, -0.25) is 9.13 Å². The van der Waals surface area contributed by atoms with Gasteiger partial charge in [0.2, 0.25) is 0 Å². The Kier molecular flexibility index (Phi) is 20.3. The Morgan fingerprint density at radius 2 is 1.18 bits per heavy atom. The van der Waals surface area contributed by atoms with E-state index in [0.29, 0.717) is 22.6 Å². The molecule has 18 heteroatoms. The molecule has 0 atom stereocenters. The number of thioether (sulfide) groups is 1. The molecular weight excluding hydrogens is 630 g/mol. The Labute approximate surface area is 300 Å². The van der Waals surface area contributed by atoms with Crippen molar-refractivity contribution in [3.8, 4) is 0 Å². The van der Waals surface area contributed by atoms with E-state index in [9.17, 15) is 26.7 Å². The van der Waals surface area contributed by atoms with Gasteiger partial charge < -0.3 is 25.3 Å². The summed E-state index contributed by atoms with van der Waals surface area (Å²) in [4.78, 5) is 35.1. The molecule has 0 saturated heterocycles. The van der Waals surface area contributed by atoms with Gasteiger partial charge >= 0.3 is 145 Å². The van der Waals surface area contributed by atoms with E-state index in [1.165, 1.54) is 36.0 Å². The number of alkyl halides is 4. The summed E-state index contributed by atoms with van der Waals surface area (Å²) in [6.45, 7) is 0. The van der Waals surface area contributed by atoms with E-state index in [4.69, 9.17) is 19.6 Å². The SMILES string of the molecule is O=P(O)(O)C(F)(F)c1ccc(CSCc2ccc(C(F)(F)P(=O)(O)O)c(Br)c2)cc1.[H-].[H-].[H-].[H-].[Na+].[Na+].[Na+].[Na+]. The first-order chi connectivity index (χ1) is 13.6. The molecule has 0 saturated carbocycles. The van der Waals surface area contributed by atoms with Gasteiger partial charge in [-0.15, -0.1) is 0 Å². The molecule has 2 aromatic carbocycles. The molecule has 34 heavy (non-hydrogen) atoms. The minimum atomic E-state index is -5.69. The molecule has 4 N–H and O–H groups in total. The van der Waals surface area contributed by atoms with Gasteiger partial charge in [-0.25, -0.2) is 0 Å². The van der Waals surface area contributed by atoms with Crippen LogP contribution >= 0.6 is 42.9 Å². The maximum atomic E-state index is 13.8. The molecule has 6 nitrogen and oxygen atoms in total. The van der Waals surface area contributed by atoms with Crippen LogP contribution in [0, 0.1) is 0 Å². The van der Waals surface area contributed by atoms with Gasteiger partial charge in [0, 0.05) is 27.1 Å². The third-order valence-corrected chi connectivity index (χ3v) is 7.62. The fourth-order valence-corrected chi connectivity index (χ4v) is 5.07. The normalized spacial score (nSPS) is 11.9. The van der Waals surface area contributed by atoms with Crippen molar-refractivity contribution < 1.29 is 170 Å². The van der Waals surface area contributed by atoms with Gasteiger partial charge in [0.05, 0.1) is 0 Å². The van der Waals surface area contributed by atoms with E-state index in [0.717, 1.165) is 18.2 Å². The van der Waals surface area contributed by atoms with E-state index in [2.05, 4.69) is 15.9 Å². The van der Waals surface area contributed by atoms with Crippen molar-refractivity contribution in [2.24, 2.45) is 0 Å². The molecule has 0 unspecified atom stereocenters. The zero-order valence-electron chi connectivity index (χ0n) is 22.8. The Morgan fingerprint density at radius 3 is 1.59 bits per heavy atom. The van der Waals surface area contributed by atoms with Crippen molar-refractivity contribution >= 4 is 42.9 Å². The van der Waals surface area contributed by atoms with E-state index in [1.54, 1.807) is 0 Å². The Hall–Kier alpha value is 3.29. The molecule has 0 spiro atoms. The van der Waals surface area contributed by atoms with Crippen LogP contribution in [0.25, 0.3) is 0 Å². The summed E-state index contributed by atoms with van der Waals surface area (Å²) in [5.74, 6) is 0.653. The molecule has 0 aliphatic rings. The van der Waals surface area contributed by atoms with E-state index < -0.39 is 37.6 Å². The van der Waals surface area contributed by atoms with Crippen LogP contribution in [0.4, 0.5) is 17.6 Å². The fourth-order valence-electron chi connectivity index (χ4n) is 2.31. The van der Waals surface area contributed by atoms with Crippen LogP contribution in [0.1, 0.15) is 28.0 Å². The average molecular weight is 649 g/mol. The monoisotopic (exact) mass is 648 g/mol. The Morgan fingerprint density at radius 1 is 0.765 bits per heavy atom. The van der Waals surface area contributed by atoms with Gasteiger partial charge in [0.25, 0.3) is 0 Å². The summed E-state index contributed by atoms with van der Waals surface area (Å²) < 4.78 is 76.6. The van der Waals surface area contributed by atoms with Gasteiger partial charge in [0.15, 0.2) is 0 Å². The van der Waals surface area contributed by atoms with Crippen LogP contribution in [-0.2, 0) is 32.0 Å². The smallest absolute Gasteiger partial charge is 1.00 e. The molecule has 2 rings (SSSR count). The van der Waals surface area contributed by atoms with Crippen LogP contribution in [0.2, 0.25) is 0 Å². The summed E-state index contributed by atoms with van der Waals surface area (Å²) in [6, 6.07) is 7.94. The second-order valence-electron chi connectivity index (χ2n) is 6.17. The maximum absolute atomic E-state index is 13.8. The summed E-state index contributed by atoms with van der Waals surface area (Å²) in [5, 5.41) is 0. The molecular formula is C16H19BrF4Na4O6P2S. The minimum absolute atomic E-state index is 0. The molecule has 2 aromatic rings. The van der Waals surface area contributed by atoms with Crippen LogP contribution in [0.3, 0.4) is 0 Å². The summed E-state index contributed by atoms with van der Waals surface area (Å²) in [7, 11) is -11.3. The van der Waals surface area contributed by atoms with Crippen molar-refractivity contribution in [1.29, 1.82) is 0 Å². The van der Waals surface area contributed by atoms with Crippen LogP contribution in [0.5, 0.6) is 0 Å². The zero-order chi connectivity index (χ0) is 23.0. The Bertz CT molecular complexity index is 1050. The zero-order valence-corrected chi connectivity index (χ0v) is 30.9. The average Bonchev–Trinajstić information content (AvgIpc) is 2.60. The summed E-state index contributed by atoms with van der Waals surface area (Å²) in [5.41, 5.74) is -9.12. The third-order valence-electron chi connectivity index (χ3n) is 3.93. The molecule has 0 aliphatic heterocycles. The number of hydrogen-bond acceptors (Lipinski definition) is 3. The summed E-state index contributed by atoms with van der Waals surface area (Å²) in [6.07, 6.45) is 0. The molecule has 0 aliphatic carbocycles. The first kappa shape index (κ1) is 41.8. The second kappa shape index (κ2) is 16.5. The van der Waals surface area contributed by atoms with Crippen molar-refractivity contribution in [1.82, 2.24) is 0 Å². The number of halogens is 5. The molecule has 0 fully saturated rings. The molecule has 0 radical (unpaired) electrons.